The van der Waals surface area contributed by atoms with Gasteiger partial charge >= 0.3 is 6.36 Å². The topological polar surface area (TPSA) is 68.3 Å². The summed E-state index contributed by atoms with van der Waals surface area (Å²) in [4.78, 5) is 3.31. The SMILES string of the molecule is O=S(=O)(NCc1ccccn1)c1ccc(Br)cc1OC(F)(F)F. The maximum Gasteiger partial charge on any atom is 0.573 e. The van der Waals surface area contributed by atoms with Gasteiger partial charge in [-0.15, -0.1) is 13.2 Å². The first-order chi connectivity index (χ1) is 10.7. The predicted octanol–water partition coefficient (Wildman–Crippen LogP) is 3.22. The van der Waals surface area contributed by atoms with E-state index in [1.165, 1.54) is 12.3 Å². The highest BCUT2D eigenvalue weighted by Gasteiger charge is 2.34. The van der Waals surface area contributed by atoms with Gasteiger partial charge in [-0.25, -0.2) is 13.1 Å². The predicted molar refractivity (Wildman–Crippen MR) is 79.1 cm³/mol. The van der Waals surface area contributed by atoms with Gasteiger partial charge in [0.05, 0.1) is 12.2 Å². The van der Waals surface area contributed by atoms with Crippen LogP contribution in [-0.4, -0.2) is 19.8 Å². The summed E-state index contributed by atoms with van der Waals surface area (Å²) >= 11 is 2.97. The highest BCUT2D eigenvalue weighted by Crippen LogP contribution is 2.32. The van der Waals surface area contributed by atoms with E-state index in [1.54, 1.807) is 18.2 Å². The molecule has 2 rings (SSSR count). The van der Waals surface area contributed by atoms with E-state index in [2.05, 4.69) is 30.4 Å². The van der Waals surface area contributed by atoms with Crippen molar-refractivity contribution >= 4 is 26.0 Å². The van der Waals surface area contributed by atoms with Gasteiger partial charge in [0.15, 0.2) is 5.75 Å². The minimum absolute atomic E-state index is 0.162. The van der Waals surface area contributed by atoms with Gasteiger partial charge in [0, 0.05) is 10.7 Å². The normalized spacial score (nSPS) is 12.2. The summed E-state index contributed by atoms with van der Waals surface area (Å²) in [5.74, 6) is -0.819. The minimum atomic E-state index is -5.01. The molecular formula is C13H10BrF3N2O3S. The van der Waals surface area contributed by atoms with Crippen molar-refractivity contribution < 1.29 is 26.3 Å². The fourth-order valence-electron chi connectivity index (χ4n) is 1.66. The Bertz CT molecular complexity index is 783. The molecule has 10 heteroatoms. The lowest BCUT2D eigenvalue weighted by Crippen LogP contribution is -2.26. The van der Waals surface area contributed by atoms with Crippen LogP contribution in [0, 0.1) is 0 Å². The number of ether oxygens (including phenoxy) is 1. The number of pyridine rings is 1. The van der Waals surface area contributed by atoms with Gasteiger partial charge in [0.2, 0.25) is 10.0 Å². The van der Waals surface area contributed by atoms with Crippen LogP contribution in [0.25, 0.3) is 0 Å². The van der Waals surface area contributed by atoms with Crippen LogP contribution in [0.15, 0.2) is 52.0 Å². The monoisotopic (exact) mass is 410 g/mol. The number of aromatic nitrogens is 1. The van der Waals surface area contributed by atoms with Gasteiger partial charge in [-0.2, -0.15) is 0 Å². The lowest BCUT2D eigenvalue weighted by atomic mass is 10.3. The zero-order valence-corrected chi connectivity index (χ0v) is 13.7. The van der Waals surface area contributed by atoms with Crippen LogP contribution in [0.2, 0.25) is 0 Å². The van der Waals surface area contributed by atoms with E-state index in [0.29, 0.717) is 5.69 Å². The van der Waals surface area contributed by atoms with Gasteiger partial charge in [0.25, 0.3) is 0 Å². The molecule has 1 N–H and O–H groups in total. The van der Waals surface area contributed by atoms with Crippen molar-refractivity contribution in [1.82, 2.24) is 9.71 Å². The third-order valence-electron chi connectivity index (χ3n) is 2.59. The molecule has 0 fully saturated rings. The minimum Gasteiger partial charge on any atom is -0.404 e. The van der Waals surface area contributed by atoms with Crippen molar-refractivity contribution in [2.45, 2.75) is 17.8 Å². The standard InChI is InChI=1S/C13H10BrF3N2O3S/c14-9-4-5-12(11(7-9)22-13(15,16)17)23(20,21)19-8-10-3-1-2-6-18-10/h1-7,19H,8H2. The van der Waals surface area contributed by atoms with E-state index in [4.69, 9.17) is 0 Å². The molecule has 1 heterocycles. The number of nitrogens with one attached hydrogen (secondary N) is 1. The second-order valence-corrected chi connectivity index (χ2v) is 6.94. The number of sulfonamides is 1. The number of hydrogen-bond donors (Lipinski definition) is 1. The summed E-state index contributed by atoms with van der Waals surface area (Å²) in [6.45, 7) is -0.162. The number of benzene rings is 1. The van der Waals surface area contributed by atoms with Crippen LogP contribution in [0.4, 0.5) is 13.2 Å². The number of hydrogen-bond acceptors (Lipinski definition) is 4. The second-order valence-electron chi connectivity index (χ2n) is 4.28. The molecule has 2 aromatic rings. The molecule has 0 radical (unpaired) electrons. The molecule has 1 aromatic carbocycles. The fraction of sp³-hybridized carbons (Fsp3) is 0.154. The Labute approximate surface area is 138 Å². The molecule has 0 amide bonds. The Hall–Kier alpha value is -1.65. The molecule has 1 aromatic heterocycles. The van der Waals surface area contributed by atoms with Crippen molar-refractivity contribution in [3.05, 3.63) is 52.8 Å². The molecule has 0 aliphatic heterocycles. The van der Waals surface area contributed by atoms with Crippen LogP contribution >= 0.6 is 15.9 Å². The lowest BCUT2D eigenvalue weighted by molar-refractivity contribution is -0.275. The largest absolute Gasteiger partial charge is 0.573 e. The molecule has 5 nitrogen and oxygen atoms in total. The molecule has 0 saturated heterocycles. The highest BCUT2D eigenvalue weighted by atomic mass is 79.9. The average Bonchev–Trinajstić information content (AvgIpc) is 2.44. The Balaban J connectivity index is 2.28. The van der Waals surface area contributed by atoms with Crippen molar-refractivity contribution in [2.75, 3.05) is 0 Å². The van der Waals surface area contributed by atoms with Crippen molar-refractivity contribution in [2.24, 2.45) is 0 Å². The maximum atomic E-state index is 12.4. The van der Waals surface area contributed by atoms with Crippen molar-refractivity contribution in [3.8, 4) is 5.75 Å². The number of alkyl halides is 3. The molecule has 124 valence electrons. The number of halogens is 4. The summed E-state index contributed by atoms with van der Waals surface area (Å²) in [7, 11) is -4.21. The van der Waals surface area contributed by atoms with Crippen LogP contribution in [0.3, 0.4) is 0 Å². The highest BCUT2D eigenvalue weighted by molar-refractivity contribution is 9.10. The first-order valence-corrected chi connectivity index (χ1v) is 8.40. The molecule has 23 heavy (non-hydrogen) atoms. The maximum absolute atomic E-state index is 12.4. The van der Waals surface area contributed by atoms with Crippen LogP contribution in [0.5, 0.6) is 5.75 Å². The molecule has 0 aliphatic rings. The summed E-state index contributed by atoms with van der Waals surface area (Å²) < 4.78 is 68.0. The molecular weight excluding hydrogens is 401 g/mol. The van der Waals surface area contributed by atoms with E-state index >= 15 is 0 Å². The van der Waals surface area contributed by atoms with E-state index in [0.717, 1.165) is 12.1 Å². The van der Waals surface area contributed by atoms with Crippen molar-refractivity contribution in [1.29, 1.82) is 0 Å². The van der Waals surface area contributed by atoms with Gasteiger partial charge in [-0.05, 0) is 30.3 Å². The van der Waals surface area contributed by atoms with E-state index in [1.807, 2.05) is 0 Å². The van der Waals surface area contributed by atoms with Gasteiger partial charge in [-0.3, -0.25) is 4.98 Å². The first-order valence-electron chi connectivity index (χ1n) is 6.12. The van der Waals surface area contributed by atoms with Crippen LogP contribution in [0.1, 0.15) is 5.69 Å². The molecule has 0 atom stereocenters. The zero-order valence-electron chi connectivity index (χ0n) is 11.3. The Kier molecular flexibility index (Phi) is 5.27. The third-order valence-corrected chi connectivity index (χ3v) is 4.52. The van der Waals surface area contributed by atoms with E-state index in [-0.39, 0.29) is 11.0 Å². The molecule has 0 saturated carbocycles. The molecule has 0 unspecified atom stereocenters. The number of rotatable bonds is 5. The van der Waals surface area contributed by atoms with E-state index < -0.39 is 27.0 Å². The Morgan fingerprint density at radius 2 is 1.96 bits per heavy atom. The smallest absolute Gasteiger partial charge is 0.404 e. The van der Waals surface area contributed by atoms with Gasteiger partial charge in [-0.1, -0.05) is 22.0 Å². The Morgan fingerprint density at radius 1 is 1.22 bits per heavy atom. The summed E-state index contributed by atoms with van der Waals surface area (Å²) in [6.07, 6.45) is -3.53. The number of nitrogens with zero attached hydrogens (tertiary/aromatic N) is 1. The quantitative estimate of drug-likeness (QED) is 0.821. The summed E-state index contributed by atoms with van der Waals surface area (Å²) in [5.41, 5.74) is 0.423. The molecule has 0 aliphatic carbocycles. The zero-order chi connectivity index (χ0) is 17.1. The second kappa shape index (κ2) is 6.85. The third kappa shape index (κ3) is 5.19. The van der Waals surface area contributed by atoms with Gasteiger partial charge < -0.3 is 4.74 Å². The van der Waals surface area contributed by atoms with Crippen LogP contribution in [-0.2, 0) is 16.6 Å². The van der Waals surface area contributed by atoms with Gasteiger partial charge in [0.1, 0.15) is 4.90 Å². The van der Waals surface area contributed by atoms with Crippen LogP contribution < -0.4 is 9.46 Å². The Morgan fingerprint density at radius 3 is 2.57 bits per heavy atom. The van der Waals surface area contributed by atoms with E-state index in [9.17, 15) is 21.6 Å². The first kappa shape index (κ1) is 17.7. The summed E-state index contributed by atoms with van der Waals surface area (Å²) in [6, 6.07) is 8.15. The lowest BCUT2D eigenvalue weighted by Gasteiger charge is -2.14. The van der Waals surface area contributed by atoms with Crippen molar-refractivity contribution in [3.63, 3.8) is 0 Å². The average molecular weight is 411 g/mol. The fourth-order valence-corrected chi connectivity index (χ4v) is 3.10. The molecule has 0 spiro atoms. The molecule has 0 bridgehead atoms. The summed E-state index contributed by atoms with van der Waals surface area (Å²) in [5, 5.41) is 0.